The van der Waals surface area contributed by atoms with E-state index in [9.17, 15) is 13.6 Å². The number of halogens is 3. The summed E-state index contributed by atoms with van der Waals surface area (Å²) in [5.41, 5.74) is 1.08. The van der Waals surface area contributed by atoms with Crippen LogP contribution in [0.1, 0.15) is 16.1 Å². The molecule has 1 aromatic heterocycles. The third-order valence-electron chi connectivity index (χ3n) is 3.41. The van der Waals surface area contributed by atoms with Crippen LogP contribution in [0.15, 0.2) is 48.5 Å². The van der Waals surface area contributed by atoms with E-state index >= 15 is 0 Å². The number of amides is 1. The Hall–Kier alpha value is -2.73. The van der Waals surface area contributed by atoms with E-state index in [2.05, 4.69) is 10.4 Å². The smallest absolute Gasteiger partial charge is 0.260 e. The van der Waals surface area contributed by atoms with Crippen LogP contribution in [0.3, 0.4) is 0 Å². The third kappa shape index (κ3) is 3.00. The predicted octanol–water partition coefficient (Wildman–Crippen LogP) is 4.36. The van der Waals surface area contributed by atoms with E-state index in [1.165, 1.54) is 4.68 Å². The molecule has 0 radical (unpaired) electrons. The second-order valence-electron chi connectivity index (χ2n) is 5.08. The molecule has 0 bridgehead atoms. The molecule has 0 saturated heterocycles. The predicted molar refractivity (Wildman–Crippen MR) is 87.6 cm³/mol. The van der Waals surface area contributed by atoms with E-state index in [0.717, 1.165) is 12.1 Å². The zero-order valence-electron chi connectivity index (χ0n) is 12.6. The van der Waals surface area contributed by atoms with Gasteiger partial charge < -0.3 is 5.32 Å². The second-order valence-corrected chi connectivity index (χ2v) is 5.43. The van der Waals surface area contributed by atoms with Crippen molar-refractivity contribution in [3.63, 3.8) is 0 Å². The molecular formula is C17H12ClF2N3O. The Morgan fingerprint density at radius 2 is 1.88 bits per heavy atom. The molecule has 24 heavy (non-hydrogen) atoms. The summed E-state index contributed by atoms with van der Waals surface area (Å²) in [5.74, 6) is -2.21. The first kappa shape index (κ1) is 16.1. The highest BCUT2D eigenvalue weighted by Crippen LogP contribution is 2.25. The number of hydrogen-bond donors (Lipinski definition) is 1. The quantitative estimate of drug-likeness (QED) is 0.765. The van der Waals surface area contributed by atoms with Crippen LogP contribution in [-0.2, 0) is 0 Å². The Kier molecular flexibility index (Phi) is 4.31. The maximum Gasteiger partial charge on any atom is 0.260 e. The van der Waals surface area contributed by atoms with Crippen molar-refractivity contribution in [3.05, 3.63) is 76.6 Å². The van der Waals surface area contributed by atoms with Crippen LogP contribution in [0.5, 0.6) is 0 Å². The number of para-hydroxylation sites is 1. The molecule has 1 heterocycles. The van der Waals surface area contributed by atoms with Gasteiger partial charge in [-0.1, -0.05) is 29.8 Å². The van der Waals surface area contributed by atoms with Crippen LogP contribution in [0.2, 0.25) is 5.15 Å². The van der Waals surface area contributed by atoms with Crippen LogP contribution in [0.25, 0.3) is 5.69 Å². The zero-order valence-corrected chi connectivity index (χ0v) is 13.3. The van der Waals surface area contributed by atoms with Gasteiger partial charge in [0.05, 0.1) is 17.1 Å². The summed E-state index contributed by atoms with van der Waals surface area (Å²) in [6.45, 7) is 1.63. The minimum Gasteiger partial charge on any atom is -0.319 e. The van der Waals surface area contributed by atoms with Crippen molar-refractivity contribution in [2.45, 2.75) is 6.92 Å². The van der Waals surface area contributed by atoms with Gasteiger partial charge in [-0.25, -0.2) is 13.5 Å². The lowest BCUT2D eigenvalue weighted by Crippen LogP contribution is -2.14. The fourth-order valence-corrected chi connectivity index (χ4v) is 2.63. The number of nitrogens with zero attached hydrogens (tertiary/aromatic N) is 2. The molecule has 0 saturated carbocycles. The number of carbonyl (C=O) groups excluding carboxylic acids is 1. The topological polar surface area (TPSA) is 46.9 Å². The molecule has 1 amide bonds. The highest BCUT2D eigenvalue weighted by Gasteiger charge is 2.22. The van der Waals surface area contributed by atoms with Gasteiger partial charge in [-0.15, -0.1) is 0 Å². The Labute approximate surface area is 141 Å². The first-order valence-corrected chi connectivity index (χ1v) is 7.42. The lowest BCUT2D eigenvalue weighted by atomic mass is 10.2. The lowest BCUT2D eigenvalue weighted by molar-refractivity contribution is 0.102. The van der Waals surface area contributed by atoms with Crippen molar-refractivity contribution in [1.29, 1.82) is 0 Å². The van der Waals surface area contributed by atoms with Gasteiger partial charge in [0.25, 0.3) is 5.91 Å². The third-order valence-corrected chi connectivity index (χ3v) is 3.76. The van der Waals surface area contributed by atoms with E-state index in [1.807, 2.05) is 18.2 Å². The molecule has 1 N–H and O–H groups in total. The molecule has 0 spiro atoms. The van der Waals surface area contributed by atoms with Crippen LogP contribution in [0, 0.1) is 18.6 Å². The molecule has 0 aliphatic heterocycles. The Balaban J connectivity index is 1.95. The molecule has 2 aromatic carbocycles. The Bertz CT molecular complexity index is 910. The summed E-state index contributed by atoms with van der Waals surface area (Å²) in [4.78, 5) is 12.4. The molecule has 0 unspecified atom stereocenters. The molecule has 4 nitrogen and oxygen atoms in total. The van der Waals surface area contributed by atoms with Gasteiger partial charge in [0.2, 0.25) is 0 Å². The number of aryl methyl sites for hydroxylation is 1. The molecule has 122 valence electrons. The molecule has 0 atom stereocenters. The van der Waals surface area contributed by atoms with Crippen molar-refractivity contribution in [2.75, 3.05) is 5.32 Å². The van der Waals surface area contributed by atoms with Crippen LogP contribution < -0.4 is 5.32 Å². The summed E-state index contributed by atoms with van der Waals surface area (Å²) in [7, 11) is 0. The van der Waals surface area contributed by atoms with Crippen molar-refractivity contribution in [2.24, 2.45) is 0 Å². The number of carbonyl (C=O) groups is 1. The van der Waals surface area contributed by atoms with E-state index in [1.54, 1.807) is 19.1 Å². The minimum absolute atomic E-state index is 0.110. The Morgan fingerprint density at radius 3 is 2.54 bits per heavy atom. The highest BCUT2D eigenvalue weighted by molar-refractivity contribution is 6.34. The maximum atomic E-state index is 13.7. The van der Waals surface area contributed by atoms with E-state index < -0.39 is 17.5 Å². The molecule has 0 aliphatic rings. The van der Waals surface area contributed by atoms with E-state index in [4.69, 9.17) is 11.6 Å². The number of aromatic nitrogens is 2. The average molecular weight is 348 g/mol. The van der Waals surface area contributed by atoms with Crippen LogP contribution >= 0.6 is 11.6 Å². The van der Waals surface area contributed by atoms with E-state index in [-0.39, 0.29) is 16.4 Å². The summed E-state index contributed by atoms with van der Waals surface area (Å²) in [6, 6.07) is 12.0. The van der Waals surface area contributed by atoms with Crippen molar-refractivity contribution in [1.82, 2.24) is 9.78 Å². The number of nitrogens with one attached hydrogen (secondary N) is 1. The average Bonchev–Trinajstić information content (AvgIpc) is 2.85. The van der Waals surface area contributed by atoms with Gasteiger partial charge in [-0.2, -0.15) is 5.10 Å². The van der Waals surface area contributed by atoms with Gasteiger partial charge in [0.1, 0.15) is 22.4 Å². The number of anilines is 1. The first-order chi connectivity index (χ1) is 11.5. The number of rotatable bonds is 3. The maximum absolute atomic E-state index is 13.7. The monoisotopic (exact) mass is 347 g/mol. The summed E-state index contributed by atoms with van der Waals surface area (Å²) in [5, 5.41) is 6.74. The summed E-state index contributed by atoms with van der Waals surface area (Å²) < 4.78 is 28.1. The molecule has 0 fully saturated rings. The van der Waals surface area contributed by atoms with Gasteiger partial charge in [-0.3, -0.25) is 4.79 Å². The van der Waals surface area contributed by atoms with E-state index in [0.29, 0.717) is 17.4 Å². The fraction of sp³-hybridized carbons (Fsp3) is 0.0588. The first-order valence-electron chi connectivity index (χ1n) is 7.04. The van der Waals surface area contributed by atoms with Gasteiger partial charge in [0, 0.05) is 6.07 Å². The van der Waals surface area contributed by atoms with Crippen LogP contribution in [0.4, 0.5) is 14.5 Å². The normalized spacial score (nSPS) is 10.7. The second kappa shape index (κ2) is 6.41. The molecule has 3 aromatic rings. The number of hydrogen-bond acceptors (Lipinski definition) is 2. The standard InChI is InChI=1S/C17H12ClF2N3O/c1-10-15(16(18)23(22-10)12-5-3-2-4-6-12)17(24)21-14-8-7-11(19)9-13(14)20/h2-9H,1H3,(H,21,24). The van der Waals surface area contributed by atoms with Crippen molar-refractivity contribution in [3.8, 4) is 5.69 Å². The largest absolute Gasteiger partial charge is 0.319 e. The molecular weight excluding hydrogens is 336 g/mol. The van der Waals surface area contributed by atoms with Gasteiger partial charge >= 0.3 is 0 Å². The van der Waals surface area contributed by atoms with Gasteiger partial charge in [0.15, 0.2) is 0 Å². The van der Waals surface area contributed by atoms with Crippen LogP contribution in [-0.4, -0.2) is 15.7 Å². The SMILES string of the molecule is Cc1nn(-c2ccccc2)c(Cl)c1C(=O)Nc1ccc(F)cc1F. The fourth-order valence-electron chi connectivity index (χ4n) is 2.27. The molecule has 7 heteroatoms. The summed E-state index contributed by atoms with van der Waals surface area (Å²) in [6.07, 6.45) is 0. The Morgan fingerprint density at radius 1 is 1.17 bits per heavy atom. The molecule has 3 rings (SSSR count). The van der Waals surface area contributed by atoms with Crippen molar-refractivity contribution >= 4 is 23.2 Å². The van der Waals surface area contributed by atoms with Crippen molar-refractivity contribution < 1.29 is 13.6 Å². The minimum atomic E-state index is -0.868. The number of benzene rings is 2. The van der Waals surface area contributed by atoms with Gasteiger partial charge in [-0.05, 0) is 31.2 Å². The zero-order chi connectivity index (χ0) is 17.3. The summed E-state index contributed by atoms with van der Waals surface area (Å²) >= 11 is 6.28. The lowest BCUT2D eigenvalue weighted by Gasteiger charge is -2.07. The highest BCUT2D eigenvalue weighted by atomic mass is 35.5. The molecule has 0 aliphatic carbocycles.